The fourth-order valence-electron chi connectivity index (χ4n) is 4.29. The summed E-state index contributed by atoms with van der Waals surface area (Å²) >= 11 is 0. The molecule has 0 aliphatic carbocycles. The third-order valence-corrected chi connectivity index (χ3v) is 5.63. The number of furan rings is 2. The molecule has 2 heteroatoms. The lowest BCUT2D eigenvalue weighted by Crippen LogP contribution is -1.76. The summed E-state index contributed by atoms with van der Waals surface area (Å²) in [7, 11) is 0. The Labute approximate surface area is 173 Å². The van der Waals surface area contributed by atoms with Crippen LogP contribution in [0.1, 0.15) is 5.56 Å². The highest BCUT2D eigenvalue weighted by Gasteiger charge is 2.16. The zero-order valence-corrected chi connectivity index (χ0v) is 16.3. The van der Waals surface area contributed by atoms with Gasteiger partial charge in [0.05, 0.1) is 0 Å². The van der Waals surface area contributed by atoms with Crippen molar-refractivity contribution in [3.8, 4) is 0 Å². The summed E-state index contributed by atoms with van der Waals surface area (Å²) in [5.74, 6) is 0. The highest BCUT2D eigenvalue weighted by atomic mass is 16.3. The van der Waals surface area contributed by atoms with Gasteiger partial charge in [-0.2, -0.15) is 0 Å². The quantitative estimate of drug-likeness (QED) is 0.285. The number of allylic oxidation sites excluding steroid dienone is 4. The van der Waals surface area contributed by atoms with Crippen LogP contribution in [0.2, 0.25) is 0 Å². The molecular formula is C28H18O2. The lowest BCUT2D eigenvalue weighted by atomic mass is 10.0. The second-order valence-corrected chi connectivity index (χ2v) is 7.41. The Bertz CT molecular complexity index is 1650. The predicted octanol–water partition coefficient (Wildman–Crippen LogP) is 8.39. The van der Waals surface area contributed by atoms with Gasteiger partial charge in [-0.05, 0) is 41.3 Å². The van der Waals surface area contributed by atoms with Crippen LogP contribution >= 0.6 is 0 Å². The van der Waals surface area contributed by atoms with Crippen LogP contribution in [0.5, 0.6) is 0 Å². The average molecular weight is 386 g/mol. The summed E-state index contributed by atoms with van der Waals surface area (Å²) in [5.41, 5.74) is 4.71. The van der Waals surface area contributed by atoms with E-state index < -0.39 is 0 Å². The SMILES string of the molecule is C=C/C=C\C=C\c1ccc2oc3c(ccc4ccc5oc6ccccc6c5c43)c2c1. The van der Waals surface area contributed by atoms with Gasteiger partial charge in [0.25, 0.3) is 0 Å². The van der Waals surface area contributed by atoms with Crippen molar-refractivity contribution >= 4 is 60.7 Å². The number of rotatable bonds is 3. The zero-order valence-electron chi connectivity index (χ0n) is 16.3. The first-order chi connectivity index (χ1) is 14.8. The molecule has 2 nitrogen and oxygen atoms in total. The first kappa shape index (κ1) is 16.9. The first-order valence-corrected chi connectivity index (χ1v) is 9.98. The standard InChI is InChI=1S/C28H18O2/c1-2-3-4-5-8-18-11-15-24-22(17-18)20-14-12-19-13-16-25-27(26(19)28(20)30-24)21-9-6-7-10-23(21)29-25/h2-17H,1H2/b4-3-,8-5+. The lowest BCUT2D eigenvalue weighted by Gasteiger charge is -2.01. The van der Waals surface area contributed by atoms with E-state index >= 15 is 0 Å². The van der Waals surface area contributed by atoms with Gasteiger partial charge in [0.2, 0.25) is 0 Å². The third kappa shape index (κ3) is 2.44. The van der Waals surface area contributed by atoms with E-state index in [9.17, 15) is 0 Å². The molecule has 2 heterocycles. The van der Waals surface area contributed by atoms with Crippen LogP contribution in [0.25, 0.3) is 60.7 Å². The first-order valence-electron chi connectivity index (χ1n) is 9.98. The summed E-state index contributed by atoms with van der Waals surface area (Å²) in [6, 6.07) is 23.0. The van der Waals surface area contributed by atoms with Gasteiger partial charge in [-0.25, -0.2) is 0 Å². The molecule has 0 saturated heterocycles. The van der Waals surface area contributed by atoms with Crippen LogP contribution in [0, 0.1) is 0 Å². The Kier molecular flexibility index (Phi) is 3.65. The van der Waals surface area contributed by atoms with Crippen LogP contribution in [0.4, 0.5) is 0 Å². The molecule has 0 spiro atoms. The summed E-state index contributed by atoms with van der Waals surface area (Å²) in [5, 5.41) is 6.72. The minimum atomic E-state index is 0.884. The van der Waals surface area contributed by atoms with Crippen molar-refractivity contribution in [3.05, 3.63) is 103 Å². The molecule has 142 valence electrons. The topological polar surface area (TPSA) is 26.3 Å². The molecule has 0 aliphatic rings. The minimum absolute atomic E-state index is 0.884. The Morgan fingerprint density at radius 1 is 0.633 bits per heavy atom. The van der Waals surface area contributed by atoms with E-state index in [1.807, 2.05) is 48.6 Å². The Balaban J connectivity index is 1.69. The normalized spacial score (nSPS) is 12.5. The lowest BCUT2D eigenvalue weighted by molar-refractivity contribution is 0.668. The fraction of sp³-hybridized carbons (Fsp3) is 0. The molecule has 0 amide bonds. The average Bonchev–Trinajstić information content (AvgIpc) is 3.34. The van der Waals surface area contributed by atoms with Gasteiger partial charge >= 0.3 is 0 Å². The maximum atomic E-state index is 6.40. The summed E-state index contributed by atoms with van der Waals surface area (Å²) in [6.07, 6.45) is 9.75. The highest BCUT2D eigenvalue weighted by molar-refractivity contribution is 6.28. The number of para-hydroxylation sites is 1. The van der Waals surface area contributed by atoms with Crippen LogP contribution in [0.15, 0.2) is 106 Å². The maximum Gasteiger partial charge on any atom is 0.144 e. The molecule has 6 rings (SSSR count). The molecule has 0 bridgehead atoms. The van der Waals surface area contributed by atoms with Gasteiger partial charge in [0, 0.05) is 26.9 Å². The monoisotopic (exact) mass is 386 g/mol. The number of hydrogen-bond acceptors (Lipinski definition) is 2. The molecule has 0 saturated carbocycles. The van der Waals surface area contributed by atoms with Crippen LogP contribution in [0.3, 0.4) is 0 Å². The van der Waals surface area contributed by atoms with Gasteiger partial charge < -0.3 is 8.83 Å². The third-order valence-electron chi connectivity index (χ3n) is 5.63. The summed E-state index contributed by atoms with van der Waals surface area (Å²) in [6.45, 7) is 3.70. The summed E-state index contributed by atoms with van der Waals surface area (Å²) < 4.78 is 12.5. The second-order valence-electron chi connectivity index (χ2n) is 7.41. The highest BCUT2D eigenvalue weighted by Crippen LogP contribution is 2.41. The molecule has 30 heavy (non-hydrogen) atoms. The van der Waals surface area contributed by atoms with E-state index in [1.165, 1.54) is 0 Å². The van der Waals surface area contributed by atoms with Crippen molar-refractivity contribution in [2.45, 2.75) is 0 Å². The van der Waals surface area contributed by atoms with Crippen molar-refractivity contribution in [1.29, 1.82) is 0 Å². The van der Waals surface area contributed by atoms with Gasteiger partial charge in [-0.3, -0.25) is 0 Å². The van der Waals surface area contributed by atoms with Crippen molar-refractivity contribution in [2.24, 2.45) is 0 Å². The van der Waals surface area contributed by atoms with Crippen LogP contribution in [-0.4, -0.2) is 0 Å². The van der Waals surface area contributed by atoms with Gasteiger partial charge in [0.1, 0.15) is 22.3 Å². The molecule has 4 aromatic carbocycles. The molecule has 0 aliphatic heterocycles. The predicted molar refractivity (Wildman–Crippen MR) is 127 cm³/mol. The van der Waals surface area contributed by atoms with E-state index in [0.717, 1.165) is 60.2 Å². The minimum Gasteiger partial charge on any atom is -0.456 e. The number of fused-ring (bicyclic) bond motifs is 9. The van der Waals surface area contributed by atoms with E-state index in [4.69, 9.17) is 8.83 Å². The van der Waals surface area contributed by atoms with E-state index in [2.05, 4.69) is 49.1 Å². The van der Waals surface area contributed by atoms with Gasteiger partial charge in [-0.15, -0.1) is 0 Å². The van der Waals surface area contributed by atoms with Crippen molar-refractivity contribution in [1.82, 2.24) is 0 Å². The molecule has 0 unspecified atom stereocenters. The molecule has 6 aromatic rings. The summed E-state index contributed by atoms with van der Waals surface area (Å²) in [4.78, 5) is 0. The van der Waals surface area contributed by atoms with Gasteiger partial charge in [0.15, 0.2) is 0 Å². The van der Waals surface area contributed by atoms with E-state index in [0.29, 0.717) is 0 Å². The molecule has 0 atom stereocenters. The van der Waals surface area contributed by atoms with Crippen LogP contribution < -0.4 is 0 Å². The molecular weight excluding hydrogens is 368 g/mol. The van der Waals surface area contributed by atoms with E-state index in [-0.39, 0.29) is 0 Å². The number of benzene rings is 4. The van der Waals surface area contributed by atoms with Crippen LogP contribution in [-0.2, 0) is 0 Å². The molecule has 2 aromatic heterocycles. The van der Waals surface area contributed by atoms with Crippen molar-refractivity contribution in [3.63, 3.8) is 0 Å². The Morgan fingerprint density at radius 2 is 1.47 bits per heavy atom. The van der Waals surface area contributed by atoms with Gasteiger partial charge in [-0.1, -0.05) is 73.4 Å². The molecule has 0 N–H and O–H groups in total. The van der Waals surface area contributed by atoms with Crippen molar-refractivity contribution in [2.75, 3.05) is 0 Å². The molecule has 0 fully saturated rings. The largest absolute Gasteiger partial charge is 0.456 e. The molecule has 0 radical (unpaired) electrons. The number of hydrogen-bond donors (Lipinski definition) is 0. The maximum absolute atomic E-state index is 6.40. The van der Waals surface area contributed by atoms with Crippen molar-refractivity contribution < 1.29 is 8.83 Å². The van der Waals surface area contributed by atoms with E-state index in [1.54, 1.807) is 6.08 Å². The smallest absolute Gasteiger partial charge is 0.144 e. The fourth-order valence-corrected chi connectivity index (χ4v) is 4.29. The Hall–Kier alpha value is -4.04. The Morgan fingerprint density at radius 3 is 2.40 bits per heavy atom. The second kappa shape index (κ2) is 6.50. The zero-order chi connectivity index (χ0) is 20.1.